The molecule has 0 radical (unpaired) electrons. The van der Waals surface area contributed by atoms with Crippen molar-refractivity contribution in [2.45, 2.75) is 51.2 Å². The molecule has 2 heterocycles. The molecular weight excluding hydrogens is 323 g/mol. The zero-order chi connectivity index (χ0) is 17.5. The number of rotatable bonds is 3. The Morgan fingerprint density at radius 1 is 1.25 bits per heavy atom. The van der Waals surface area contributed by atoms with Crippen molar-refractivity contribution in [3.63, 3.8) is 0 Å². The van der Waals surface area contributed by atoms with E-state index in [1.807, 2.05) is 6.92 Å². The maximum atomic E-state index is 12.8. The highest BCUT2D eigenvalue weighted by atomic mass is 19.4. The van der Waals surface area contributed by atoms with Gasteiger partial charge in [0.05, 0.1) is 5.92 Å². The van der Waals surface area contributed by atoms with Crippen molar-refractivity contribution in [3.05, 3.63) is 16.2 Å². The number of hydrogen-bond donors (Lipinski definition) is 2. The Hall–Kier alpha value is -2.06. The van der Waals surface area contributed by atoms with Gasteiger partial charge in [0.1, 0.15) is 5.82 Å². The number of imidazole rings is 1. The molecule has 132 valence electrons. The fourth-order valence-electron chi connectivity index (χ4n) is 3.42. The lowest BCUT2D eigenvalue weighted by Gasteiger charge is -2.30. The van der Waals surface area contributed by atoms with Gasteiger partial charge in [0.2, 0.25) is 5.95 Å². The number of nitrogens with zero attached hydrogens (tertiary/aromatic N) is 3. The van der Waals surface area contributed by atoms with Crippen molar-refractivity contribution >= 4 is 17.1 Å². The van der Waals surface area contributed by atoms with E-state index in [1.54, 1.807) is 11.6 Å². The van der Waals surface area contributed by atoms with E-state index in [1.165, 1.54) is 0 Å². The van der Waals surface area contributed by atoms with Gasteiger partial charge in [-0.25, -0.2) is 4.98 Å². The highest BCUT2D eigenvalue weighted by molar-refractivity contribution is 5.72. The topological polar surface area (TPSA) is 75.6 Å². The first-order chi connectivity index (χ1) is 11.3. The first kappa shape index (κ1) is 16.8. The minimum Gasteiger partial charge on any atom is -0.359 e. The van der Waals surface area contributed by atoms with Crippen LogP contribution >= 0.6 is 0 Å². The highest BCUT2D eigenvalue weighted by Gasteiger charge is 2.42. The van der Waals surface area contributed by atoms with Gasteiger partial charge in [0, 0.05) is 19.5 Å². The van der Waals surface area contributed by atoms with Crippen LogP contribution in [0, 0.1) is 5.92 Å². The summed E-state index contributed by atoms with van der Waals surface area (Å²) < 4.78 is 40.1. The summed E-state index contributed by atoms with van der Waals surface area (Å²) in [7, 11) is 1.68. The quantitative estimate of drug-likeness (QED) is 0.898. The molecule has 2 aromatic heterocycles. The van der Waals surface area contributed by atoms with Crippen LogP contribution in [0.4, 0.5) is 19.1 Å². The molecule has 3 rings (SSSR count). The molecule has 0 atom stereocenters. The van der Waals surface area contributed by atoms with Crippen LogP contribution in [0.3, 0.4) is 0 Å². The van der Waals surface area contributed by atoms with Crippen LogP contribution in [-0.4, -0.2) is 32.7 Å². The van der Waals surface area contributed by atoms with Crippen LogP contribution in [0.1, 0.15) is 44.3 Å². The number of aromatic nitrogens is 4. The number of alkyl halides is 3. The summed E-state index contributed by atoms with van der Waals surface area (Å²) in [5.74, 6) is -0.407. The van der Waals surface area contributed by atoms with Crippen LogP contribution in [0.5, 0.6) is 0 Å². The van der Waals surface area contributed by atoms with Gasteiger partial charge in [-0.1, -0.05) is 0 Å². The molecule has 0 aromatic carbocycles. The van der Waals surface area contributed by atoms with Gasteiger partial charge in [-0.05, 0) is 32.6 Å². The number of halogens is 3. The number of aromatic amines is 1. The van der Waals surface area contributed by atoms with Gasteiger partial charge in [-0.2, -0.15) is 18.2 Å². The maximum Gasteiger partial charge on any atom is 0.391 e. The lowest BCUT2D eigenvalue weighted by Crippen LogP contribution is -2.31. The molecule has 0 bridgehead atoms. The zero-order valence-corrected chi connectivity index (χ0v) is 13.6. The van der Waals surface area contributed by atoms with Crippen molar-refractivity contribution in [3.8, 4) is 0 Å². The summed E-state index contributed by atoms with van der Waals surface area (Å²) in [6, 6.07) is 0. The average Bonchev–Trinajstić information content (AvgIpc) is 2.97. The molecule has 1 aliphatic carbocycles. The molecule has 6 nitrogen and oxygen atoms in total. The SMILES string of the molecule is CCn1c(C2CCC(C(F)(F)F)CC2)nc2nc(NC)[nH]c2c1=O. The molecule has 0 unspecified atom stereocenters. The first-order valence-corrected chi connectivity index (χ1v) is 8.10. The van der Waals surface area contributed by atoms with Crippen LogP contribution in [0.2, 0.25) is 0 Å². The second kappa shape index (κ2) is 6.10. The van der Waals surface area contributed by atoms with E-state index < -0.39 is 12.1 Å². The number of hydrogen-bond acceptors (Lipinski definition) is 4. The van der Waals surface area contributed by atoms with Crippen molar-refractivity contribution in [2.24, 2.45) is 5.92 Å². The van der Waals surface area contributed by atoms with E-state index >= 15 is 0 Å². The van der Waals surface area contributed by atoms with E-state index in [0.717, 1.165) is 0 Å². The van der Waals surface area contributed by atoms with Crippen LogP contribution in [0.25, 0.3) is 11.2 Å². The van der Waals surface area contributed by atoms with Crippen molar-refractivity contribution in [1.29, 1.82) is 0 Å². The van der Waals surface area contributed by atoms with Gasteiger partial charge in [-0.15, -0.1) is 0 Å². The number of anilines is 1. The standard InChI is InChI=1S/C15H20F3N5O/c1-3-23-12(8-4-6-9(7-5-8)15(16,17)18)21-11-10(13(23)24)20-14(19-2)22-11/h8-9H,3-7H2,1-2H3,(H2,19,20,22). The van der Waals surface area contributed by atoms with Crippen molar-refractivity contribution in [1.82, 2.24) is 19.5 Å². The molecule has 1 aliphatic rings. The summed E-state index contributed by atoms with van der Waals surface area (Å²) in [5, 5.41) is 2.82. The minimum atomic E-state index is -4.14. The molecule has 24 heavy (non-hydrogen) atoms. The fourth-order valence-corrected chi connectivity index (χ4v) is 3.42. The van der Waals surface area contributed by atoms with E-state index in [2.05, 4.69) is 20.3 Å². The third-order valence-electron chi connectivity index (χ3n) is 4.75. The lowest BCUT2D eigenvalue weighted by atomic mass is 9.81. The average molecular weight is 343 g/mol. The van der Waals surface area contributed by atoms with E-state index in [0.29, 0.717) is 42.3 Å². The Kier molecular flexibility index (Phi) is 4.27. The van der Waals surface area contributed by atoms with Gasteiger partial charge in [-0.3, -0.25) is 9.36 Å². The molecule has 0 amide bonds. The molecule has 0 saturated heterocycles. The third kappa shape index (κ3) is 2.87. The number of nitrogens with one attached hydrogen (secondary N) is 2. The summed E-state index contributed by atoms with van der Waals surface area (Å²) in [6.07, 6.45) is -3.23. The van der Waals surface area contributed by atoms with Crippen LogP contribution in [-0.2, 0) is 6.54 Å². The van der Waals surface area contributed by atoms with Crippen LogP contribution in [0.15, 0.2) is 4.79 Å². The minimum absolute atomic E-state index is 0.0775. The summed E-state index contributed by atoms with van der Waals surface area (Å²) >= 11 is 0. The molecule has 1 fully saturated rings. The summed E-state index contributed by atoms with van der Waals surface area (Å²) in [4.78, 5) is 24.2. The predicted octanol–water partition coefficient (Wildman–Crippen LogP) is 3.02. The molecular formula is C15H20F3N5O. The van der Waals surface area contributed by atoms with E-state index in [4.69, 9.17) is 0 Å². The predicted molar refractivity (Wildman–Crippen MR) is 84.1 cm³/mol. The molecule has 1 saturated carbocycles. The Morgan fingerprint density at radius 2 is 1.92 bits per heavy atom. The second-order valence-electron chi connectivity index (χ2n) is 6.14. The summed E-state index contributed by atoms with van der Waals surface area (Å²) in [6.45, 7) is 2.25. The zero-order valence-electron chi connectivity index (χ0n) is 13.6. The van der Waals surface area contributed by atoms with Gasteiger partial charge < -0.3 is 10.3 Å². The Bertz CT molecular complexity index is 787. The van der Waals surface area contributed by atoms with E-state index in [-0.39, 0.29) is 24.3 Å². The molecule has 0 spiro atoms. The molecule has 2 N–H and O–H groups in total. The normalized spacial score (nSPS) is 22.0. The van der Waals surface area contributed by atoms with Gasteiger partial charge in [0.15, 0.2) is 11.2 Å². The maximum absolute atomic E-state index is 12.8. The smallest absolute Gasteiger partial charge is 0.359 e. The first-order valence-electron chi connectivity index (χ1n) is 8.10. The van der Waals surface area contributed by atoms with Gasteiger partial charge in [0.25, 0.3) is 5.56 Å². The largest absolute Gasteiger partial charge is 0.391 e. The second-order valence-corrected chi connectivity index (χ2v) is 6.14. The van der Waals surface area contributed by atoms with Crippen molar-refractivity contribution in [2.75, 3.05) is 12.4 Å². The fraction of sp³-hybridized carbons (Fsp3) is 0.667. The molecule has 0 aliphatic heterocycles. The third-order valence-corrected chi connectivity index (χ3v) is 4.75. The lowest BCUT2D eigenvalue weighted by molar-refractivity contribution is -0.182. The number of fused-ring (bicyclic) bond motifs is 1. The Balaban J connectivity index is 1.96. The number of H-pyrrole nitrogens is 1. The molecule has 2 aromatic rings. The van der Waals surface area contributed by atoms with Crippen LogP contribution < -0.4 is 10.9 Å². The van der Waals surface area contributed by atoms with Crippen molar-refractivity contribution < 1.29 is 13.2 Å². The van der Waals surface area contributed by atoms with Gasteiger partial charge >= 0.3 is 6.18 Å². The monoisotopic (exact) mass is 343 g/mol. The Labute approximate surface area is 136 Å². The Morgan fingerprint density at radius 3 is 2.46 bits per heavy atom. The van der Waals surface area contributed by atoms with E-state index in [9.17, 15) is 18.0 Å². The highest BCUT2D eigenvalue weighted by Crippen LogP contribution is 2.42. The summed E-state index contributed by atoms with van der Waals surface area (Å²) in [5.41, 5.74) is 0.389. The molecule has 9 heteroatoms.